The Kier molecular flexibility index (Phi) is 8.47. The number of halogens is 2. The van der Waals surface area contributed by atoms with Crippen LogP contribution in [0.4, 0.5) is 10.3 Å². The highest BCUT2D eigenvalue weighted by Crippen LogP contribution is 2.36. The zero-order valence-electron chi connectivity index (χ0n) is 18.8. The average Bonchev–Trinajstić information content (AvgIpc) is 2.84. The number of hydrogen-bond donors (Lipinski definition) is 3. The number of anilines is 1. The molecular weight excluding hydrogens is 518 g/mol. The molecule has 11 nitrogen and oxygen atoms in total. The van der Waals surface area contributed by atoms with Crippen molar-refractivity contribution in [2.45, 2.75) is 24.9 Å². The number of nitrogens with zero attached hydrogens (tertiary/aromatic N) is 3. The van der Waals surface area contributed by atoms with Gasteiger partial charge in [0.1, 0.15) is 12.4 Å². The second-order valence-electron chi connectivity index (χ2n) is 8.00. The highest BCUT2D eigenvalue weighted by Gasteiger charge is 2.22. The first-order valence-corrected chi connectivity index (χ1v) is 12.8. The molecule has 1 fully saturated rings. The molecule has 0 radical (unpaired) electrons. The van der Waals surface area contributed by atoms with Crippen LogP contribution in [0.5, 0.6) is 0 Å². The van der Waals surface area contributed by atoms with E-state index in [-0.39, 0.29) is 16.6 Å². The number of aromatic nitrogens is 3. The standard InChI is InChI=1S/C22H23ClFN4O7P/c23-17-2-1-15(11-18(17)24)20(13-34-35-36(30,31)32)28-8-4-14(12-21(28)29)19-3-7-25-22(27-19)26-16-5-9-33-10-6-16/h1-4,7-8,11-12,16,20H,5-6,9-10,13H2,(H,25,26,27)(H2,30,31,32)/t20-/m1/s1. The zero-order valence-corrected chi connectivity index (χ0v) is 20.4. The summed E-state index contributed by atoms with van der Waals surface area (Å²) in [6, 6.07) is 7.71. The SMILES string of the molecule is O=c1cc(-c2ccnc(NC3CCOCC3)n2)ccn1[C@H](COOP(=O)(O)O)c1ccc(Cl)c(F)c1. The summed E-state index contributed by atoms with van der Waals surface area (Å²) >= 11 is 5.76. The molecule has 0 bridgehead atoms. The Morgan fingerprint density at radius 3 is 2.72 bits per heavy atom. The number of hydrogen-bond acceptors (Lipinski definition) is 8. The molecule has 0 aliphatic carbocycles. The molecule has 1 aromatic carbocycles. The number of rotatable bonds is 9. The van der Waals surface area contributed by atoms with E-state index in [4.69, 9.17) is 26.1 Å². The fraction of sp³-hybridized carbons (Fsp3) is 0.318. The van der Waals surface area contributed by atoms with Crippen molar-refractivity contribution < 1.29 is 33.0 Å². The van der Waals surface area contributed by atoms with E-state index in [1.807, 2.05) is 0 Å². The first-order chi connectivity index (χ1) is 17.2. The second kappa shape index (κ2) is 11.6. The topological polar surface area (TPSA) is 145 Å². The lowest BCUT2D eigenvalue weighted by molar-refractivity contribution is -0.227. The molecule has 36 heavy (non-hydrogen) atoms. The van der Waals surface area contributed by atoms with E-state index in [0.717, 1.165) is 18.9 Å². The monoisotopic (exact) mass is 540 g/mol. The van der Waals surface area contributed by atoms with Gasteiger partial charge in [-0.05, 0) is 42.7 Å². The van der Waals surface area contributed by atoms with Crippen molar-refractivity contribution in [3.8, 4) is 11.3 Å². The van der Waals surface area contributed by atoms with Crippen LogP contribution in [0.2, 0.25) is 5.02 Å². The zero-order chi connectivity index (χ0) is 25.7. The smallest absolute Gasteiger partial charge is 0.381 e. The van der Waals surface area contributed by atoms with E-state index in [0.29, 0.717) is 30.4 Å². The van der Waals surface area contributed by atoms with E-state index >= 15 is 0 Å². The summed E-state index contributed by atoms with van der Waals surface area (Å²) in [6.07, 6.45) is 4.71. The van der Waals surface area contributed by atoms with Crippen molar-refractivity contribution in [3.05, 3.63) is 75.5 Å². The van der Waals surface area contributed by atoms with Crippen molar-refractivity contribution >= 4 is 25.4 Å². The Morgan fingerprint density at radius 1 is 1.25 bits per heavy atom. The second-order valence-corrected chi connectivity index (χ2v) is 9.53. The first-order valence-electron chi connectivity index (χ1n) is 10.9. The summed E-state index contributed by atoms with van der Waals surface area (Å²) in [7, 11) is -4.93. The summed E-state index contributed by atoms with van der Waals surface area (Å²) in [5.74, 6) is -0.300. The highest BCUT2D eigenvalue weighted by atomic mass is 35.5. The third-order valence-corrected chi connectivity index (χ3v) is 6.10. The minimum Gasteiger partial charge on any atom is -0.381 e. The Labute approximate surface area is 210 Å². The van der Waals surface area contributed by atoms with E-state index < -0.39 is 31.8 Å². The number of phosphoric acid groups is 1. The maximum Gasteiger partial charge on any atom is 0.496 e. The molecule has 0 unspecified atom stereocenters. The van der Waals surface area contributed by atoms with Gasteiger partial charge >= 0.3 is 7.82 Å². The van der Waals surface area contributed by atoms with Crippen LogP contribution in [0.1, 0.15) is 24.4 Å². The van der Waals surface area contributed by atoms with Crippen LogP contribution in [0.3, 0.4) is 0 Å². The van der Waals surface area contributed by atoms with Gasteiger partial charge in [0.25, 0.3) is 5.56 Å². The fourth-order valence-corrected chi connectivity index (χ4v) is 4.06. The van der Waals surface area contributed by atoms with Crippen molar-refractivity contribution in [1.29, 1.82) is 0 Å². The Hall–Kier alpha value is -2.70. The van der Waals surface area contributed by atoms with Crippen LogP contribution in [-0.2, 0) is 18.9 Å². The number of benzene rings is 1. The van der Waals surface area contributed by atoms with Crippen molar-refractivity contribution in [2.24, 2.45) is 0 Å². The van der Waals surface area contributed by atoms with Crippen LogP contribution in [0, 0.1) is 5.82 Å². The fourth-order valence-electron chi connectivity index (χ4n) is 3.74. The Balaban J connectivity index is 1.60. The molecule has 14 heteroatoms. The van der Waals surface area contributed by atoms with Crippen LogP contribution in [0.15, 0.2) is 53.6 Å². The van der Waals surface area contributed by atoms with E-state index in [9.17, 15) is 13.8 Å². The van der Waals surface area contributed by atoms with Crippen molar-refractivity contribution in [3.63, 3.8) is 0 Å². The molecule has 1 atom stereocenters. The summed E-state index contributed by atoms with van der Waals surface area (Å²) in [5, 5.41) is 3.15. The summed E-state index contributed by atoms with van der Waals surface area (Å²) in [5.41, 5.74) is 0.803. The molecule has 3 N–H and O–H groups in total. The number of nitrogens with one attached hydrogen (secondary N) is 1. The van der Waals surface area contributed by atoms with Gasteiger partial charge in [-0.3, -0.25) is 4.79 Å². The number of ether oxygens (including phenoxy) is 1. The maximum absolute atomic E-state index is 14.1. The third-order valence-electron chi connectivity index (χ3n) is 5.49. The lowest BCUT2D eigenvalue weighted by atomic mass is 10.1. The number of pyridine rings is 1. The van der Waals surface area contributed by atoms with E-state index in [2.05, 4.69) is 24.8 Å². The van der Waals surface area contributed by atoms with Gasteiger partial charge in [0, 0.05) is 43.3 Å². The van der Waals surface area contributed by atoms with Gasteiger partial charge in [-0.1, -0.05) is 17.7 Å². The average molecular weight is 541 g/mol. The highest BCUT2D eigenvalue weighted by molar-refractivity contribution is 7.46. The normalized spacial score (nSPS) is 15.6. The quantitative estimate of drug-likeness (QED) is 0.210. The largest absolute Gasteiger partial charge is 0.496 e. The summed E-state index contributed by atoms with van der Waals surface area (Å²) in [4.78, 5) is 44.3. The van der Waals surface area contributed by atoms with Gasteiger partial charge in [0.05, 0.1) is 16.8 Å². The molecule has 0 saturated carbocycles. The predicted molar refractivity (Wildman–Crippen MR) is 128 cm³/mol. The molecule has 3 aromatic rings. The van der Waals surface area contributed by atoms with Gasteiger partial charge in [0.15, 0.2) is 0 Å². The molecule has 0 spiro atoms. The molecule has 3 heterocycles. The molecule has 192 valence electrons. The summed E-state index contributed by atoms with van der Waals surface area (Å²) in [6.45, 7) is 0.826. The minimum atomic E-state index is -4.93. The molecule has 4 rings (SSSR count). The molecule has 1 aliphatic heterocycles. The van der Waals surface area contributed by atoms with Gasteiger partial charge in [-0.15, -0.1) is 4.67 Å². The van der Waals surface area contributed by atoms with Crippen LogP contribution < -0.4 is 10.9 Å². The lowest BCUT2D eigenvalue weighted by Crippen LogP contribution is -2.28. The van der Waals surface area contributed by atoms with Crippen LogP contribution in [-0.4, -0.2) is 50.2 Å². The third kappa shape index (κ3) is 6.95. The maximum atomic E-state index is 14.1. The Bertz CT molecular complexity index is 1320. The van der Waals surface area contributed by atoms with E-state index in [1.165, 1.54) is 29.0 Å². The van der Waals surface area contributed by atoms with Crippen LogP contribution >= 0.6 is 19.4 Å². The van der Waals surface area contributed by atoms with Gasteiger partial charge in [-0.25, -0.2) is 23.8 Å². The minimum absolute atomic E-state index is 0.124. The first kappa shape index (κ1) is 26.4. The van der Waals surface area contributed by atoms with Crippen molar-refractivity contribution in [1.82, 2.24) is 14.5 Å². The van der Waals surface area contributed by atoms with Gasteiger partial charge < -0.3 is 24.4 Å². The van der Waals surface area contributed by atoms with Crippen molar-refractivity contribution in [2.75, 3.05) is 25.1 Å². The molecule has 1 aliphatic rings. The van der Waals surface area contributed by atoms with Gasteiger partial charge in [0.2, 0.25) is 5.95 Å². The molecular formula is C22H23ClFN4O7P. The predicted octanol–water partition coefficient (Wildman–Crippen LogP) is 3.32. The summed E-state index contributed by atoms with van der Waals surface area (Å²) < 4.78 is 35.7. The molecule has 0 amide bonds. The molecule has 1 saturated heterocycles. The molecule has 2 aromatic heterocycles. The van der Waals surface area contributed by atoms with Crippen LogP contribution in [0.25, 0.3) is 11.3 Å². The van der Waals surface area contributed by atoms with Gasteiger partial charge in [-0.2, -0.15) is 0 Å². The lowest BCUT2D eigenvalue weighted by Gasteiger charge is -2.23. The van der Waals surface area contributed by atoms with E-state index in [1.54, 1.807) is 18.3 Å². The Morgan fingerprint density at radius 2 is 2.03 bits per heavy atom.